The van der Waals surface area contributed by atoms with Crippen LogP contribution in [0.5, 0.6) is 0 Å². The van der Waals surface area contributed by atoms with Gasteiger partial charge in [0.15, 0.2) is 4.77 Å². The Balaban J connectivity index is 1.67. The second-order valence-corrected chi connectivity index (χ2v) is 7.33. The van der Waals surface area contributed by atoms with Crippen LogP contribution in [0.25, 0.3) is 10.9 Å². The smallest absolute Gasteiger partial charge is 0.337 e. The van der Waals surface area contributed by atoms with Gasteiger partial charge in [-0.15, -0.1) is 0 Å². The fourth-order valence-electron chi connectivity index (χ4n) is 3.24. The molecule has 0 aliphatic carbocycles. The fraction of sp³-hybridized carbons (Fsp3) is 0.273. The molecule has 1 aromatic heterocycles. The number of hydrogen-bond acceptors (Lipinski definition) is 5. The van der Waals surface area contributed by atoms with Crippen LogP contribution in [0, 0.1) is 4.77 Å². The molecule has 0 bridgehead atoms. The van der Waals surface area contributed by atoms with E-state index in [2.05, 4.69) is 10.3 Å². The van der Waals surface area contributed by atoms with Crippen molar-refractivity contribution in [1.82, 2.24) is 14.9 Å². The minimum Gasteiger partial charge on any atom is -0.465 e. The van der Waals surface area contributed by atoms with Gasteiger partial charge in [-0.05, 0) is 49.3 Å². The fourth-order valence-corrected chi connectivity index (χ4v) is 3.52. The Hall–Kier alpha value is -3.26. The van der Waals surface area contributed by atoms with Crippen LogP contribution in [0.15, 0.2) is 53.3 Å². The Morgan fingerprint density at radius 1 is 1.20 bits per heavy atom. The van der Waals surface area contributed by atoms with E-state index < -0.39 is 5.97 Å². The van der Waals surface area contributed by atoms with Crippen molar-refractivity contribution in [3.63, 3.8) is 0 Å². The van der Waals surface area contributed by atoms with Gasteiger partial charge in [0.25, 0.3) is 5.56 Å². The Morgan fingerprint density at radius 3 is 2.63 bits per heavy atom. The highest BCUT2D eigenvalue weighted by atomic mass is 32.1. The molecule has 0 aliphatic heterocycles. The van der Waals surface area contributed by atoms with Gasteiger partial charge in [-0.2, -0.15) is 0 Å². The zero-order valence-corrected chi connectivity index (χ0v) is 17.6. The molecule has 156 valence electrons. The number of nitrogens with zero attached hydrogens (tertiary/aromatic N) is 1. The summed E-state index contributed by atoms with van der Waals surface area (Å²) in [7, 11) is 1.30. The number of carbonyl (C=O) groups excluding carboxylic acids is 2. The monoisotopic (exact) mass is 425 g/mol. The normalized spacial score (nSPS) is 11.8. The van der Waals surface area contributed by atoms with Gasteiger partial charge < -0.3 is 15.0 Å². The van der Waals surface area contributed by atoms with Crippen LogP contribution in [-0.2, 0) is 16.1 Å². The van der Waals surface area contributed by atoms with Gasteiger partial charge in [0.05, 0.1) is 29.6 Å². The third-order valence-electron chi connectivity index (χ3n) is 4.87. The zero-order chi connectivity index (χ0) is 21.7. The van der Waals surface area contributed by atoms with Crippen LogP contribution < -0.4 is 10.9 Å². The first-order chi connectivity index (χ1) is 14.4. The number of ether oxygens (including phenoxy) is 1. The maximum atomic E-state index is 12.8. The maximum absolute atomic E-state index is 12.8. The van der Waals surface area contributed by atoms with E-state index in [1.165, 1.54) is 17.7 Å². The quantitative estimate of drug-likeness (QED) is 0.446. The highest BCUT2D eigenvalue weighted by molar-refractivity contribution is 7.71. The Labute approximate surface area is 178 Å². The van der Waals surface area contributed by atoms with Crippen LogP contribution in [0.3, 0.4) is 0 Å². The van der Waals surface area contributed by atoms with E-state index in [0.29, 0.717) is 29.4 Å². The first-order valence-electron chi connectivity index (χ1n) is 9.60. The molecule has 0 fully saturated rings. The summed E-state index contributed by atoms with van der Waals surface area (Å²) in [5.41, 5.74) is 1.57. The number of aromatic amines is 1. The van der Waals surface area contributed by atoms with E-state index in [0.717, 1.165) is 5.56 Å². The van der Waals surface area contributed by atoms with E-state index in [-0.39, 0.29) is 28.7 Å². The SMILES string of the molecule is COC(=O)c1ccc2c(=O)n(CCCC(=O)NC(C)c3ccccc3)c(=S)[nH]c2c1. The predicted octanol–water partition coefficient (Wildman–Crippen LogP) is 3.50. The molecule has 1 amide bonds. The topological polar surface area (TPSA) is 93.2 Å². The third kappa shape index (κ3) is 4.83. The lowest BCUT2D eigenvalue weighted by atomic mass is 10.1. The number of rotatable bonds is 7. The number of H-pyrrole nitrogens is 1. The van der Waals surface area contributed by atoms with Crippen LogP contribution in [0.1, 0.15) is 41.7 Å². The number of nitrogens with one attached hydrogen (secondary N) is 2. The van der Waals surface area contributed by atoms with Crippen LogP contribution in [-0.4, -0.2) is 28.5 Å². The first-order valence-corrected chi connectivity index (χ1v) is 10.0. The molecule has 2 aromatic carbocycles. The molecular weight excluding hydrogens is 402 g/mol. The number of esters is 1. The molecule has 30 heavy (non-hydrogen) atoms. The van der Waals surface area contributed by atoms with Crippen molar-refractivity contribution in [2.75, 3.05) is 7.11 Å². The minimum atomic E-state index is -0.490. The van der Waals surface area contributed by atoms with Gasteiger partial charge >= 0.3 is 5.97 Å². The number of amides is 1. The van der Waals surface area contributed by atoms with Gasteiger partial charge in [-0.3, -0.25) is 14.2 Å². The van der Waals surface area contributed by atoms with Gasteiger partial charge in [-0.1, -0.05) is 30.3 Å². The standard InChI is InChI=1S/C22H23N3O4S/c1-14(15-7-4-3-5-8-15)23-19(26)9-6-12-25-20(27)17-11-10-16(21(28)29-2)13-18(17)24-22(25)30/h3-5,7-8,10-11,13-14H,6,9,12H2,1-2H3,(H,23,26)(H,24,30). The molecule has 3 rings (SSSR count). The van der Waals surface area contributed by atoms with Crippen molar-refractivity contribution in [3.05, 3.63) is 74.8 Å². The van der Waals surface area contributed by atoms with Crippen LogP contribution in [0.4, 0.5) is 0 Å². The molecule has 0 aliphatic rings. The second-order valence-electron chi connectivity index (χ2n) is 6.94. The minimum absolute atomic E-state index is 0.0854. The average molecular weight is 426 g/mol. The summed E-state index contributed by atoms with van der Waals surface area (Å²) in [5.74, 6) is -0.575. The molecule has 1 atom stereocenters. The van der Waals surface area contributed by atoms with E-state index >= 15 is 0 Å². The van der Waals surface area contributed by atoms with Gasteiger partial charge in [0, 0.05) is 13.0 Å². The number of hydrogen-bond donors (Lipinski definition) is 2. The number of carbonyl (C=O) groups is 2. The molecule has 2 N–H and O–H groups in total. The summed E-state index contributed by atoms with van der Waals surface area (Å²) in [5, 5.41) is 3.37. The third-order valence-corrected chi connectivity index (χ3v) is 5.19. The lowest BCUT2D eigenvalue weighted by molar-refractivity contribution is -0.121. The predicted molar refractivity (Wildman–Crippen MR) is 117 cm³/mol. The summed E-state index contributed by atoms with van der Waals surface area (Å²) in [4.78, 5) is 39.7. The average Bonchev–Trinajstić information content (AvgIpc) is 2.75. The molecule has 1 heterocycles. The number of fused-ring (bicyclic) bond motifs is 1. The van der Waals surface area contributed by atoms with Gasteiger partial charge in [-0.25, -0.2) is 4.79 Å². The van der Waals surface area contributed by atoms with E-state index in [1.807, 2.05) is 37.3 Å². The van der Waals surface area contributed by atoms with Crippen molar-refractivity contribution in [2.45, 2.75) is 32.4 Å². The number of aromatic nitrogens is 2. The molecule has 7 nitrogen and oxygen atoms in total. The van der Waals surface area contributed by atoms with Crippen LogP contribution in [0.2, 0.25) is 0 Å². The first kappa shape index (κ1) is 21.4. The second kappa shape index (κ2) is 9.49. The number of benzene rings is 2. The van der Waals surface area contributed by atoms with Crippen molar-refractivity contribution in [2.24, 2.45) is 0 Å². The van der Waals surface area contributed by atoms with Crippen molar-refractivity contribution < 1.29 is 14.3 Å². The largest absolute Gasteiger partial charge is 0.465 e. The summed E-state index contributed by atoms with van der Waals surface area (Å²) in [6, 6.07) is 14.3. The highest BCUT2D eigenvalue weighted by Crippen LogP contribution is 2.13. The van der Waals surface area contributed by atoms with Crippen molar-refractivity contribution >= 4 is 35.0 Å². The highest BCUT2D eigenvalue weighted by Gasteiger charge is 2.12. The van der Waals surface area contributed by atoms with Gasteiger partial charge in [0.1, 0.15) is 0 Å². The molecular formula is C22H23N3O4S. The maximum Gasteiger partial charge on any atom is 0.337 e. The Kier molecular flexibility index (Phi) is 6.79. The Morgan fingerprint density at radius 2 is 1.93 bits per heavy atom. The zero-order valence-electron chi connectivity index (χ0n) is 16.8. The lowest BCUT2D eigenvalue weighted by Crippen LogP contribution is -2.27. The van der Waals surface area contributed by atoms with E-state index in [4.69, 9.17) is 17.0 Å². The van der Waals surface area contributed by atoms with E-state index in [9.17, 15) is 14.4 Å². The summed E-state index contributed by atoms with van der Waals surface area (Å²) in [6.45, 7) is 2.25. The van der Waals surface area contributed by atoms with Crippen LogP contribution >= 0.6 is 12.2 Å². The molecule has 1 unspecified atom stereocenters. The summed E-state index contributed by atoms with van der Waals surface area (Å²) < 4.78 is 6.38. The van der Waals surface area contributed by atoms with Gasteiger partial charge in [0.2, 0.25) is 5.91 Å². The molecule has 8 heteroatoms. The number of methoxy groups -OCH3 is 1. The Bertz CT molecular complexity index is 1180. The van der Waals surface area contributed by atoms with Crippen molar-refractivity contribution in [1.29, 1.82) is 0 Å². The molecule has 0 saturated heterocycles. The van der Waals surface area contributed by atoms with Crippen molar-refractivity contribution in [3.8, 4) is 0 Å². The van der Waals surface area contributed by atoms with E-state index in [1.54, 1.807) is 12.1 Å². The summed E-state index contributed by atoms with van der Waals surface area (Å²) in [6.07, 6.45) is 0.744. The molecule has 0 spiro atoms. The summed E-state index contributed by atoms with van der Waals surface area (Å²) >= 11 is 5.31. The molecule has 0 saturated carbocycles. The lowest BCUT2D eigenvalue weighted by Gasteiger charge is -2.14. The molecule has 3 aromatic rings. The molecule has 0 radical (unpaired) electrons.